The van der Waals surface area contributed by atoms with Gasteiger partial charge in [-0.3, -0.25) is 19.4 Å². The van der Waals surface area contributed by atoms with Crippen molar-refractivity contribution in [3.63, 3.8) is 0 Å². The van der Waals surface area contributed by atoms with Crippen LogP contribution in [-0.2, 0) is 9.59 Å². The van der Waals surface area contributed by atoms with Gasteiger partial charge in [-0.25, -0.2) is 4.79 Å². The number of phenolic OH excluding ortho intramolecular Hbond substituents is 1. The third-order valence-electron chi connectivity index (χ3n) is 3.29. The number of benzene rings is 1. The number of hydrogen-bond donors (Lipinski definition) is 1. The van der Waals surface area contributed by atoms with Crippen molar-refractivity contribution in [1.29, 1.82) is 0 Å². The molecule has 1 aromatic rings. The summed E-state index contributed by atoms with van der Waals surface area (Å²) >= 11 is 0. The van der Waals surface area contributed by atoms with Crippen molar-refractivity contribution in [2.24, 2.45) is 0 Å². The molecule has 1 aromatic carbocycles. The lowest BCUT2D eigenvalue weighted by molar-refractivity contribution is -0.122. The molecule has 7 nitrogen and oxygen atoms in total. The number of phenols is 1. The van der Waals surface area contributed by atoms with E-state index in [1.165, 1.54) is 43.1 Å². The molecule has 1 heterocycles. The predicted octanol–water partition coefficient (Wildman–Crippen LogP) is 0.673. The van der Waals surface area contributed by atoms with Crippen molar-refractivity contribution in [2.45, 2.75) is 0 Å². The van der Waals surface area contributed by atoms with Crippen LogP contribution in [0.2, 0.25) is 0 Å². The lowest BCUT2D eigenvalue weighted by Gasteiger charge is -2.20. The molecule has 0 spiro atoms. The van der Waals surface area contributed by atoms with E-state index in [1.54, 1.807) is 12.1 Å². The van der Waals surface area contributed by atoms with Crippen LogP contribution in [0.1, 0.15) is 5.56 Å². The average Bonchev–Trinajstić information content (AvgIpc) is 2.66. The number of carbonyl (C=O) groups excluding carboxylic acids is 3. The monoisotopic (exact) mass is 289 g/mol. The molecule has 0 bridgehead atoms. The second kappa shape index (κ2) is 5.28. The topological polar surface area (TPSA) is 81.2 Å². The number of aromatic hydroxyl groups is 1. The molecule has 1 N–H and O–H groups in total. The minimum atomic E-state index is -0.487. The molecule has 4 amide bonds. The highest BCUT2D eigenvalue weighted by molar-refractivity contribution is 6.15. The van der Waals surface area contributed by atoms with Crippen LogP contribution < -0.4 is 0 Å². The van der Waals surface area contributed by atoms with Crippen molar-refractivity contribution >= 4 is 24.0 Å². The number of amides is 4. The van der Waals surface area contributed by atoms with Gasteiger partial charge in [0.25, 0.3) is 5.91 Å². The van der Waals surface area contributed by atoms with E-state index >= 15 is 0 Å². The maximum Gasteiger partial charge on any atom is 0.331 e. The highest BCUT2D eigenvalue weighted by Crippen LogP contribution is 2.29. The van der Waals surface area contributed by atoms with Gasteiger partial charge in [0.2, 0.25) is 6.41 Å². The number of nitrogens with zero attached hydrogens (tertiary/aromatic N) is 3. The fraction of sp³-hybridized carbons (Fsp3) is 0.214. The first kappa shape index (κ1) is 14.6. The maximum atomic E-state index is 12.2. The summed E-state index contributed by atoms with van der Waals surface area (Å²) in [5.41, 5.74) is 0.957. The van der Waals surface area contributed by atoms with Gasteiger partial charge in [0.1, 0.15) is 11.4 Å². The molecule has 0 aromatic heterocycles. The van der Waals surface area contributed by atoms with Crippen LogP contribution in [0.15, 0.2) is 30.0 Å². The lowest BCUT2D eigenvalue weighted by Crippen LogP contribution is -2.27. The summed E-state index contributed by atoms with van der Waals surface area (Å²) in [4.78, 5) is 38.7. The van der Waals surface area contributed by atoms with Crippen LogP contribution in [0, 0.1) is 0 Å². The first-order chi connectivity index (χ1) is 9.88. The summed E-state index contributed by atoms with van der Waals surface area (Å²) < 4.78 is 0. The molecule has 7 heteroatoms. The highest BCUT2D eigenvalue weighted by Gasteiger charge is 2.39. The van der Waals surface area contributed by atoms with Crippen LogP contribution in [0.5, 0.6) is 5.75 Å². The Labute approximate surface area is 121 Å². The van der Waals surface area contributed by atoms with Crippen molar-refractivity contribution in [3.05, 3.63) is 35.5 Å². The molecular formula is C14H15N3O4. The second-order valence-electron chi connectivity index (χ2n) is 4.67. The Morgan fingerprint density at radius 3 is 2.14 bits per heavy atom. The maximum absolute atomic E-state index is 12.2. The van der Waals surface area contributed by atoms with Crippen molar-refractivity contribution in [1.82, 2.24) is 14.7 Å². The number of rotatable bonds is 3. The first-order valence-corrected chi connectivity index (χ1v) is 6.16. The van der Waals surface area contributed by atoms with E-state index in [0.717, 1.165) is 4.90 Å². The number of likely N-dealkylation sites (N-methyl/N-ethyl adjacent to an activating group) is 2. The van der Waals surface area contributed by atoms with Gasteiger partial charge < -0.3 is 10.0 Å². The van der Waals surface area contributed by atoms with Gasteiger partial charge in [0.05, 0.1) is 5.70 Å². The van der Waals surface area contributed by atoms with E-state index < -0.39 is 11.9 Å². The Kier molecular flexibility index (Phi) is 3.66. The van der Waals surface area contributed by atoms with E-state index in [2.05, 4.69) is 0 Å². The molecule has 1 fully saturated rings. The molecule has 1 aliphatic heterocycles. The quantitative estimate of drug-likeness (QED) is 0.504. The molecule has 0 saturated carbocycles. The Morgan fingerprint density at radius 1 is 1.14 bits per heavy atom. The summed E-state index contributed by atoms with van der Waals surface area (Å²) in [6.07, 6.45) is 0.555. The van der Waals surface area contributed by atoms with Gasteiger partial charge >= 0.3 is 6.03 Å². The molecule has 110 valence electrons. The van der Waals surface area contributed by atoms with Crippen molar-refractivity contribution in [2.75, 3.05) is 21.1 Å². The van der Waals surface area contributed by atoms with Crippen molar-refractivity contribution in [3.8, 4) is 5.75 Å². The number of carbonyl (C=O) groups is 3. The zero-order valence-corrected chi connectivity index (χ0v) is 11.9. The third kappa shape index (κ3) is 2.33. The summed E-state index contributed by atoms with van der Waals surface area (Å²) in [6, 6.07) is 5.56. The number of imide groups is 1. The van der Waals surface area contributed by atoms with Crippen LogP contribution in [0.4, 0.5) is 4.79 Å². The fourth-order valence-corrected chi connectivity index (χ4v) is 2.15. The minimum absolute atomic E-state index is 0.0659. The normalized spacial score (nSPS) is 17.3. The predicted molar refractivity (Wildman–Crippen MR) is 74.8 cm³/mol. The molecule has 0 aliphatic carbocycles. The number of urea groups is 1. The second-order valence-corrected chi connectivity index (χ2v) is 4.67. The largest absolute Gasteiger partial charge is 0.508 e. The molecule has 0 atom stereocenters. The molecule has 21 heavy (non-hydrogen) atoms. The lowest BCUT2D eigenvalue weighted by atomic mass is 10.1. The SMILES string of the molecule is CN(C=O)C(=C1C(=O)N(C)C(=O)N1C)c1ccc(O)cc1. The summed E-state index contributed by atoms with van der Waals surface area (Å²) in [5, 5.41) is 9.35. The molecule has 1 saturated heterocycles. The summed E-state index contributed by atoms with van der Waals surface area (Å²) in [6.45, 7) is 0. The smallest absolute Gasteiger partial charge is 0.331 e. The van der Waals surface area contributed by atoms with Crippen molar-refractivity contribution < 1.29 is 19.5 Å². The Bertz CT molecular complexity index is 636. The van der Waals surface area contributed by atoms with Gasteiger partial charge in [-0.1, -0.05) is 0 Å². The van der Waals surface area contributed by atoms with E-state index in [4.69, 9.17) is 0 Å². The van der Waals surface area contributed by atoms with Crippen LogP contribution >= 0.6 is 0 Å². The first-order valence-electron chi connectivity index (χ1n) is 6.16. The van der Waals surface area contributed by atoms with Gasteiger partial charge in [-0.05, 0) is 24.3 Å². The molecule has 0 radical (unpaired) electrons. The zero-order valence-electron chi connectivity index (χ0n) is 11.9. The molecule has 1 aliphatic rings. The highest BCUT2D eigenvalue weighted by atomic mass is 16.3. The third-order valence-corrected chi connectivity index (χ3v) is 3.29. The van der Waals surface area contributed by atoms with Crippen LogP contribution in [0.25, 0.3) is 5.70 Å². The number of hydrogen-bond acceptors (Lipinski definition) is 4. The Balaban J connectivity index is 2.68. The van der Waals surface area contributed by atoms with E-state index in [9.17, 15) is 19.5 Å². The van der Waals surface area contributed by atoms with Crippen LogP contribution in [-0.4, -0.2) is 59.3 Å². The van der Waals surface area contributed by atoms with E-state index in [0.29, 0.717) is 17.7 Å². The minimum Gasteiger partial charge on any atom is -0.508 e. The Hall–Kier alpha value is -2.83. The van der Waals surface area contributed by atoms with Gasteiger partial charge in [-0.15, -0.1) is 0 Å². The van der Waals surface area contributed by atoms with Gasteiger partial charge in [0.15, 0.2) is 0 Å². The summed E-state index contributed by atoms with van der Waals surface area (Å²) in [5.74, 6) is -0.421. The standard InChI is InChI=1S/C14H15N3O4/c1-15(8-18)11(9-4-6-10(19)7-5-9)12-13(20)17(3)14(21)16(12)2/h4-8,19H,1-3H3. The molecule has 0 unspecified atom stereocenters. The average molecular weight is 289 g/mol. The molecular weight excluding hydrogens is 274 g/mol. The fourth-order valence-electron chi connectivity index (χ4n) is 2.15. The molecule has 2 rings (SSSR count). The zero-order chi connectivity index (χ0) is 15.7. The summed E-state index contributed by atoms with van der Waals surface area (Å²) in [7, 11) is 4.34. The van der Waals surface area contributed by atoms with E-state index in [-0.39, 0.29) is 11.4 Å². The van der Waals surface area contributed by atoms with Gasteiger partial charge in [0, 0.05) is 26.7 Å². The van der Waals surface area contributed by atoms with Gasteiger partial charge in [-0.2, -0.15) is 0 Å². The van der Waals surface area contributed by atoms with Crippen LogP contribution in [0.3, 0.4) is 0 Å². The van der Waals surface area contributed by atoms with E-state index in [1.807, 2.05) is 0 Å². The Morgan fingerprint density at radius 2 is 1.71 bits per heavy atom.